The molecule has 4 rings (SSSR count). The lowest BCUT2D eigenvalue weighted by atomic mass is 9.54. The normalized spacial score (nSPS) is 36.0. The maximum Gasteiger partial charge on any atom is 0.220 e. The zero-order valence-corrected chi connectivity index (χ0v) is 11.7. The van der Waals surface area contributed by atoms with Crippen molar-refractivity contribution in [3.05, 3.63) is 29.3 Å². The molecule has 1 amide bonds. The molecule has 2 bridgehead atoms. The Morgan fingerprint density at radius 2 is 2.30 bits per heavy atom. The highest BCUT2D eigenvalue weighted by Crippen LogP contribution is 2.52. The number of likely N-dealkylation sites (N-methyl/N-ethyl adjacent to an activating group) is 1. The summed E-state index contributed by atoms with van der Waals surface area (Å²) in [5, 5.41) is 12.9. The van der Waals surface area contributed by atoms with Gasteiger partial charge in [0.1, 0.15) is 5.75 Å². The number of phenolic OH excluding ortho intramolecular Hbond substituents is 1. The van der Waals surface area contributed by atoms with Crippen LogP contribution in [0, 0.1) is 5.92 Å². The number of likely N-dealkylation sites (tertiary alicyclic amines) is 1. The first kappa shape index (κ1) is 12.2. The van der Waals surface area contributed by atoms with Crippen LogP contribution in [0.1, 0.15) is 24.0 Å². The number of fused-ring (bicyclic) bond motifs is 1. The second-order valence-corrected chi connectivity index (χ2v) is 6.59. The number of piperidine rings is 2. The van der Waals surface area contributed by atoms with Crippen LogP contribution in [0.15, 0.2) is 18.2 Å². The van der Waals surface area contributed by atoms with Crippen molar-refractivity contribution in [2.24, 2.45) is 5.92 Å². The van der Waals surface area contributed by atoms with Crippen LogP contribution in [0.2, 0.25) is 0 Å². The minimum Gasteiger partial charge on any atom is -0.508 e. The molecule has 1 aliphatic carbocycles. The van der Waals surface area contributed by atoms with Gasteiger partial charge < -0.3 is 15.3 Å². The van der Waals surface area contributed by atoms with Gasteiger partial charge in [0, 0.05) is 30.3 Å². The monoisotopic (exact) mass is 272 g/mol. The Labute approximate surface area is 118 Å². The first-order valence-electron chi connectivity index (χ1n) is 7.39. The van der Waals surface area contributed by atoms with Crippen molar-refractivity contribution in [1.29, 1.82) is 0 Å². The topological polar surface area (TPSA) is 52.6 Å². The van der Waals surface area contributed by atoms with Gasteiger partial charge in [-0.3, -0.25) is 4.79 Å². The molecule has 0 aromatic heterocycles. The third-order valence-corrected chi connectivity index (χ3v) is 5.71. The highest BCUT2D eigenvalue weighted by Gasteiger charge is 2.55. The molecule has 0 saturated carbocycles. The van der Waals surface area contributed by atoms with Crippen molar-refractivity contribution >= 4 is 5.91 Å². The van der Waals surface area contributed by atoms with Crippen molar-refractivity contribution in [2.75, 3.05) is 20.1 Å². The molecule has 2 N–H and O–H groups in total. The van der Waals surface area contributed by atoms with Gasteiger partial charge in [-0.1, -0.05) is 6.07 Å². The van der Waals surface area contributed by atoms with Gasteiger partial charge in [-0.25, -0.2) is 0 Å². The van der Waals surface area contributed by atoms with Gasteiger partial charge in [-0.15, -0.1) is 0 Å². The van der Waals surface area contributed by atoms with Crippen LogP contribution in [0.25, 0.3) is 0 Å². The van der Waals surface area contributed by atoms with E-state index in [4.69, 9.17) is 0 Å². The fraction of sp³-hybridized carbons (Fsp3) is 0.562. The van der Waals surface area contributed by atoms with Gasteiger partial charge in [-0.2, -0.15) is 0 Å². The van der Waals surface area contributed by atoms with Crippen LogP contribution in [0.5, 0.6) is 5.75 Å². The fourth-order valence-corrected chi connectivity index (χ4v) is 4.69. The summed E-state index contributed by atoms with van der Waals surface area (Å²) in [6.45, 7) is 1.80. The number of nitrogens with one attached hydrogen (secondary N) is 1. The summed E-state index contributed by atoms with van der Waals surface area (Å²) in [5.74, 6) is 0.939. The molecule has 4 heteroatoms. The van der Waals surface area contributed by atoms with Crippen molar-refractivity contribution < 1.29 is 9.90 Å². The molecule has 2 heterocycles. The standard InChI is InChI=1S/C16H20N2O2/c1-18-5-4-16-8-15(20)17-9-13(16)14(18)6-10-2-3-11(19)7-12(10)16/h2-3,7,13-14,19H,4-6,8-9H2,1H3,(H,17,20)/t13-,14+,16+/m0/s1. The number of benzene rings is 1. The molecular formula is C16H20N2O2. The molecule has 2 saturated heterocycles. The van der Waals surface area contributed by atoms with E-state index >= 15 is 0 Å². The molecule has 0 unspecified atom stereocenters. The number of hydrogen-bond acceptors (Lipinski definition) is 3. The molecule has 4 nitrogen and oxygen atoms in total. The molecule has 20 heavy (non-hydrogen) atoms. The van der Waals surface area contributed by atoms with Crippen LogP contribution in [-0.4, -0.2) is 42.1 Å². The molecule has 106 valence electrons. The maximum atomic E-state index is 12.0. The molecule has 0 spiro atoms. The van der Waals surface area contributed by atoms with E-state index in [0.717, 1.165) is 25.9 Å². The number of rotatable bonds is 0. The van der Waals surface area contributed by atoms with E-state index in [0.29, 0.717) is 24.1 Å². The zero-order valence-electron chi connectivity index (χ0n) is 11.7. The average molecular weight is 272 g/mol. The summed E-state index contributed by atoms with van der Waals surface area (Å²) in [4.78, 5) is 14.4. The van der Waals surface area contributed by atoms with E-state index in [9.17, 15) is 9.90 Å². The second kappa shape index (κ2) is 3.98. The first-order chi connectivity index (χ1) is 9.60. The smallest absolute Gasteiger partial charge is 0.220 e. The molecular weight excluding hydrogens is 252 g/mol. The molecule has 1 aromatic carbocycles. The number of phenols is 1. The van der Waals surface area contributed by atoms with Crippen molar-refractivity contribution in [2.45, 2.75) is 30.7 Å². The van der Waals surface area contributed by atoms with E-state index in [2.05, 4.69) is 17.3 Å². The van der Waals surface area contributed by atoms with E-state index in [-0.39, 0.29) is 11.3 Å². The van der Waals surface area contributed by atoms with Crippen molar-refractivity contribution in [1.82, 2.24) is 10.2 Å². The molecule has 3 atom stereocenters. The van der Waals surface area contributed by atoms with E-state index in [1.54, 1.807) is 6.07 Å². The summed E-state index contributed by atoms with van der Waals surface area (Å²) in [5.41, 5.74) is 2.47. The Kier molecular flexibility index (Phi) is 2.43. The summed E-state index contributed by atoms with van der Waals surface area (Å²) in [7, 11) is 2.19. The Morgan fingerprint density at radius 1 is 1.45 bits per heavy atom. The number of aromatic hydroxyl groups is 1. The maximum absolute atomic E-state index is 12.0. The highest BCUT2D eigenvalue weighted by atomic mass is 16.3. The summed E-state index contributed by atoms with van der Waals surface area (Å²) < 4.78 is 0. The number of amides is 1. The van der Waals surface area contributed by atoms with Crippen LogP contribution < -0.4 is 5.32 Å². The van der Waals surface area contributed by atoms with Crippen molar-refractivity contribution in [3.8, 4) is 5.75 Å². The second-order valence-electron chi connectivity index (χ2n) is 6.59. The van der Waals surface area contributed by atoms with Crippen LogP contribution >= 0.6 is 0 Å². The SMILES string of the molecule is CN1CC[C@]23CC(=O)NC[C@H]2[C@H]1Cc1ccc(O)cc13. The zero-order chi connectivity index (χ0) is 13.9. The van der Waals surface area contributed by atoms with Gasteiger partial charge in [0.15, 0.2) is 0 Å². The third kappa shape index (κ3) is 1.48. The van der Waals surface area contributed by atoms with Gasteiger partial charge in [0.05, 0.1) is 0 Å². The quantitative estimate of drug-likeness (QED) is 0.741. The molecule has 2 aliphatic heterocycles. The molecule has 1 aromatic rings. The van der Waals surface area contributed by atoms with Crippen LogP contribution in [-0.2, 0) is 16.6 Å². The average Bonchev–Trinajstić information content (AvgIpc) is 2.43. The number of hydrogen-bond donors (Lipinski definition) is 2. The summed E-state index contributed by atoms with van der Waals surface area (Å²) in [6, 6.07) is 6.22. The van der Waals surface area contributed by atoms with Crippen LogP contribution in [0.4, 0.5) is 0 Å². The predicted molar refractivity (Wildman–Crippen MR) is 75.6 cm³/mol. The predicted octanol–water partition coefficient (Wildman–Crippen LogP) is 1.03. The third-order valence-electron chi connectivity index (χ3n) is 5.71. The lowest BCUT2D eigenvalue weighted by Crippen LogP contribution is -2.65. The summed E-state index contributed by atoms with van der Waals surface area (Å²) in [6.07, 6.45) is 2.60. The van der Waals surface area contributed by atoms with Gasteiger partial charge >= 0.3 is 0 Å². The lowest BCUT2D eigenvalue weighted by Gasteiger charge is -2.57. The van der Waals surface area contributed by atoms with Gasteiger partial charge in [0.2, 0.25) is 5.91 Å². The van der Waals surface area contributed by atoms with Gasteiger partial charge in [-0.05, 0) is 49.7 Å². The largest absolute Gasteiger partial charge is 0.508 e. The van der Waals surface area contributed by atoms with E-state index in [1.165, 1.54) is 11.1 Å². The Hall–Kier alpha value is -1.55. The first-order valence-corrected chi connectivity index (χ1v) is 7.39. The Bertz CT molecular complexity index is 586. The Balaban J connectivity index is 1.92. The molecule has 3 aliphatic rings. The van der Waals surface area contributed by atoms with Gasteiger partial charge in [0.25, 0.3) is 0 Å². The number of carbonyl (C=O) groups is 1. The minimum absolute atomic E-state index is 0.0637. The van der Waals surface area contributed by atoms with Crippen LogP contribution in [0.3, 0.4) is 0 Å². The highest BCUT2D eigenvalue weighted by molar-refractivity contribution is 5.79. The van der Waals surface area contributed by atoms with Crippen molar-refractivity contribution in [3.63, 3.8) is 0 Å². The summed E-state index contributed by atoms with van der Waals surface area (Å²) >= 11 is 0. The molecule has 2 fully saturated rings. The Morgan fingerprint density at radius 3 is 3.15 bits per heavy atom. The number of carbonyl (C=O) groups excluding carboxylic acids is 1. The van der Waals surface area contributed by atoms with E-state index in [1.807, 2.05) is 12.1 Å². The molecule has 0 radical (unpaired) electrons. The number of nitrogens with zero attached hydrogens (tertiary/aromatic N) is 1. The van der Waals surface area contributed by atoms with E-state index < -0.39 is 0 Å². The fourth-order valence-electron chi connectivity index (χ4n) is 4.69. The lowest BCUT2D eigenvalue weighted by molar-refractivity contribution is -0.128. The minimum atomic E-state index is -0.0637.